The molecule has 0 saturated heterocycles. The first-order valence-corrected chi connectivity index (χ1v) is 9.44. The summed E-state index contributed by atoms with van der Waals surface area (Å²) in [6.07, 6.45) is 2.38. The molecule has 2 aromatic rings. The Balaban J connectivity index is 1.99. The van der Waals surface area contributed by atoms with Gasteiger partial charge in [0.1, 0.15) is 5.82 Å². The Labute approximate surface area is 161 Å². The van der Waals surface area contributed by atoms with E-state index in [9.17, 15) is 4.79 Å². The Morgan fingerprint density at radius 3 is 2.56 bits per heavy atom. The van der Waals surface area contributed by atoms with Gasteiger partial charge in [0, 0.05) is 50.9 Å². The van der Waals surface area contributed by atoms with Gasteiger partial charge >= 0.3 is 0 Å². The summed E-state index contributed by atoms with van der Waals surface area (Å²) in [6, 6.07) is 9.96. The first-order valence-electron chi connectivity index (χ1n) is 9.44. The number of rotatable bonds is 10. The van der Waals surface area contributed by atoms with Gasteiger partial charge in [-0.25, -0.2) is 4.98 Å². The van der Waals surface area contributed by atoms with Crippen LogP contribution in [-0.2, 0) is 4.74 Å². The molecule has 2 N–H and O–H groups in total. The van der Waals surface area contributed by atoms with Crippen LogP contribution in [0, 0.1) is 6.92 Å². The van der Waals surface area contributed by atoms with E-state index >= 15 is 0 Å². The van der Waals surface area contributed by atoms with Gasteiger partial charge in [0.05, 0.1) is 5.56 Å². The van der Waals surface area contributed by atoms with Gasteiger partial charge in [-0.15, -0.1) is 0 Å². The molecule has 1 aromatic carbocycles. The fraction of sp³-hybridized carbons (Fsp3) is 0.429. The number of carbonyl (C=O) groups excluding carboxylic acids is 1. The predicted octanol–water partition coefficient (Wildman–Crippen LogP) is 3.75. The molecule has 1 aromatic heterocycles. The van der Waals surface area contributed by atoms with Gasteiger partial charge in [0.2, 0.25) is 0 Å². The fourth-order valence-corrected chi connectivity index (χ4v) is 2.83. The molecule has 0 saturated carbocycles. The maximum Gasteiger partial charge on any atom is 0.252 e. The number of hydrogen-bond acceptors (Lipinski definition) is 5. The molecule has 0 aliphatic carbocycles. The average Bonchev–Trinajstić information content (AvgIpc) is 2.68. The fourth-order valence-electron chi connectivity index (χ4n) is 2.83. The number of aryl methyl sites for hydroxylation is 1. The number of benzene rings is 1. The smallest absolute Gasteiger partial charge is 0.252 e. The summed E-state index contributed by atoms with van der Waals surface area (Å²) in [4.78, 5) is 18.8. The molecule has 0 unspecified atom stereocenters. The Kier molecular flexibility index (Phi) is 8.07. The highest BCUT2D eigenvalue weighted by Crippen LogP contribution is 2.25. The standard InChI is InChI=1S/C21H30N4O2/c1-5-25(6-2)18-9-10-19(16(3)14-18)24-20-11-8-17(15-23-20)21(26)22-12-7-13-27-4/h8-11,14-15H,5-7,12-13H2,1-4H3,(H,22,26)(H,23,24). The molecule has 1 heterocycles. The number of amides is 1. The number of pyridine rings is 1. The Bertz CT molecular complexity index is 727. The maximum atomic E-state index is 12.1. The third kappa shape index (κ3) is 5.96. The number of methoxy groups -OCH3 is 1. The molecule has 0 aliphatic rings. The number of ether oxygens (including phenoxy) is 1. The normalized spacial score (nSPS) is 10.5. The summed E-state index contributed by atoms with van der Waals surface area (Å²) in [7, 11) is 1.65. The molecule has 0 atom stereocenters. The van der Waals surface area contributed by atoms with Crippen LogP contribution in [0.3, 0.4) is 0 Å². The largest absolute Gasteiger partial charge is 0.385 e. The summed E-state index contributed by atoms with van der Waals surface area (Å²) in [5.74, 6) is 0.592. The van der Waals surface area contributed by atoms with E-state index in [4.69, 9.17) is 4.74 Å². The highest BCUT2D eigenvalue weighted by molar-refractivity contribution is 5.94. The molecule has 0 radical (unpaired) electrons. The van der Waals surface area contributed by atoms with Gasteiger partial charge in [-0.3, -0.25) is 4.79 Å². The van der Waals surface area contributed by atoms with E-state index in [1.807, 2.05) is 6.07 Å². The van der Waals surface area contributed by atoms with E-state index in [0.29, 0.717) is 24.5 Å². The lowest BCUT2D eigenvalue weighted by atomic mass is 10.1. The van der Waals surface area contributed by atoms with E-state index in [0.717, 1.165) is 30.8 Å². The number of aromatic nitrogens is 1. The van der Waals surface area contributed by atoms with Crippen molar-refractivity contribution in [2.75, 3.05) is 43.6 Å². The average molecular weight is 370 g/mol. The molecule has 0 fully saturated rings. The molecule has 27 heavy (non-hydrogen) atoms. The molecule has 6 nitrogen and oxygen atoms in total. The zero-order valence-corrected chi connectivity index (χ0v) is 16.7. The molecule has 0 aliphatic heterocycles. The van der Waals surface area contributed by atoms with Crippen molar-refractivity contribution < 1.29 is 9.53 Å². The number of anilines is 3. The quantitative estimate of drug-likeness (QED) is 0.624. The summed E-state index contributed by atoms with van der Waals surface area (Å²) in [5, 5.41) is 6.18. The predicted molar refractivity (Wildman–Crippen MR) is 111 cm³/mol. The Morgan fingerprint density at radius 2 is 1.96 bits per heavy atom. The van der Waals surface area contributed by atoms with Gasteiger partial charge in [-0.05, 0) is 63.1 Å². The summed E-state index contributed by atoms with van der Waals surface area (Å²) < 4.78 is 4.97. The minimum Gasteiger partial charge on any atom is -0.385 e. The maximum absolute atomic E-state index is 12.1. The van der Waals surface area contributed by atoms with Crippen molar-refractivity contribution >= 4 is 23.1 Å². The molecule has 146 valence electrons. The monoisotopic (exact) mass is 370 g/mol. The molecule has 1 amide bonds. The molecular formula is C21H30N4O2. The van der Waals surface area contributed by atoms with Crippen LogP contribution < -0.4 is 15.5 Å². The van der Waals surface area contributed by atoms with E-state index in [1.165, 1.54) is 5.69 Å². The van der Waals surface area contributed by atoms with Crippen LogP contribution in [0.2, 0.25) is 0 Å². The third-order valence-electron chi connectivity index (χ3n) is 4.44. The van der Waals surface area contributed by atoms with E-state index in [-0.39, 0.29) is 5.91 Å². The van der Waals surface area contributed by atoms with Crippen molar-refractivity contribution in [3.8, 4) is 0 Å². The highest BCUT2D eigenvalue weighted by Gasteiger charge is 2.08. The topological polar surface area (TPSA) is 66.5 Å². The van der Waals surface area contributed by atoms with Crippen LogP contribution in [0.15, 0.2) is 36.5 Å². The number of nitrogens with one attached hydrogen (secondary N) is 2. The van der Waals surface area contributed by atoms with E-state index in [2.05, 4.69) is 59.5 Å². The van der Waals surface area contributed by atoms with E-state index < -0.39 is 0 Å². The van der Waals surface area contributed by atoms with Gasteiger partial charge in [-0.2, -0.15) is 0 Å². The van der Waals surface area contributed by atoms with Crippen LogP contribution in [0.4, 0.5) is 17.2 Å². The number of carbonyl (C=O) groups is 1. The number of hydrogen-bond donors (Lipinski definition) is 2. The van der Waals surface area contributed by atoms with Crippen LogP contribution in [0.5, 0.6) is 0 Å². The van der Waals surface area contributed by atoms with Crippen molar-refractivity contribution in [2.24, 2.45) is 0 Å². The highest BCUT2D eigenvalue weighted by atomic mass is 16.5. The van der Waals surface area contributed by atoms with Crippen LogP contribution in [-0.4, -0.2) is 44.2 Å². The zero-order valence-electron chi connectivity index (χ0n) is 16.7. The van der Waals surface area contributed by atoms with Gasteiger partial charge in [0.15, 0.2) is 0 Å². The first kappa shape index (κ1) is 20.7. The minimum atomic E-state index is -0.120. The second-order valence-corrected chi connectivity index (χ2v) is 6.33. The molecule has 0 bridgehead atoms. The van der Waals surface area contributed by atoms with Crippen LogP contribution in [0.25, 0.3) is 0 Å². The zero-order chi connectivity index (χ0) is 19.6. The summed E-state index contributed by atoms with van der Waals surface area (Å²) in [6.45, 7) is 9.59. The summed E-state index contributed by atoms with van der Waals surface area (Å²) in [5.41, 5.74) is 3.93. The minimum absolute atomic E-state index is 0.120. The van der Waals surface area contributed by atoms with Gasteiger partial charge in [0.25, 0.3) is 5.91 Å². The molecular weight excluding hydrogens is 340 g/mol. The second kappa shape index (κ2) is 10.5. The third-order valence-corrected chi connectivity index (χ3v) is 4.44. The van der Waals surface area contributed by atoms with Crippen LogP contribution >= 0.6 is 0 Å². The van der Waals surface area contributed by atoms with Crippen molar-refractivity contribution in [3.05, 3.63) is 47.7 Å². The Morgan fingerprint density at radius 1 is 1.19 bits per heavy atom. The summed E-state index contributed by atoms with van der Waals surface area (Å²) >= 11 is 0. The molecule has 2 rings (SSSR count). The Hall–Kier alpha value is -2.60. The lowest BCUT2D eigenvalue weighted by Gasteiger charge is -2.22. The SMILES string of the molecule is CCN(CC)c1ccc(Nc2ccc(C(=O)NCCCOC)cn2)c(C)c1. The second-order valence-electron chi connectivity index (χ2n) is 6.33. The van der Waals surface area contributed by atoms with Crippen molar-refractivity contribution in [3.63, 3.8) is 0 Å². The number of nitrogens with zero attached hydrogens (tertiary/aromatic N) is 2. The van der Waals surface area contributed by atoms with Crippen molar-refractivity contribution in [1.29, 1.82) is 0 Å². The van der Waals surface area contributed by atoms with Crippen molar-refractivity contribution in [2.45, 2.75) is 27.2 Å². The van der Waals surface area contributed by atoms with Gasteiger partial charge in [-0.1, -0.05) is 0 Å². The lowest BCUT2D eigenvalue weighted by Crippen LogP contribution is -2.25. The molecule has 6 heteroatoms. The van der Waals surface area contributed by atoms with Crippen LogP contribution in [0.1, 0.15) is 36.2 Å². The van der Waals surface area contributed by atoms with Crippen molar-refractivity contribution in [1.82, 2.24) is 10.3 Å². The molecule has 0 spiro atoms. The van der Waals surface area contributed by atoms with Gasteiger partial charge < -0.3 is 20.3 Å². The lowest BCUT2D eigenvalue weighted by molar-refractivity contribution is 0.0948. The first-order chi connectivity index (χ1) is 13.1. The van der Waals surface area contributed by atoms with E-state index in [1.54, 1.807) is 19.4 Å².